The third kappa shape index (κ3) is 4.94. The lowest BCUT2D eigenvalue weighted by molar-refractivity contribution is 0.0761. The quantitative estimate of drug-likeness (QED) is 0.883. The number of sulfonamides is 1. The average molecular weight is 373 g/mol. The van der Waals surface area contributed by atoms with E-state index in [4.69, 9.17) is 11.6 Å². The Balaban J connectivity index is 2.32. The molecule has 134 valence electrons. The van der Waals surface area contributed by atoms with Crippen molar-refractivity contribution in [2.45, 2.75) is 56.9 Å². The van der Waals surface area contributed by atoms with Gasteiger partial charge in [-0.3, -0.25) is 4.79 Å². The molecular formula is C17H25ClN2O3S. The summed E-state index contributed by atoms with van der Waals surface area (Å²) in [5.74, 6) is -0.138. The van der Waals surface area contributed by atoms with Crippen LogP contribution in [-0.4, -0.2) is 37.9 Å². The molecule has 0 aromatic heterocycles. The Morgan fingerprint density at radius 2 is 1.71 bits per heavy atom. The molecule has 1 N–H and O–H groups in total. The maximum absolute atomic E-state index is 12.7. The summed E-state index contributed by atoms with van der Waals surface area (Å²) in [5, 5.41) is 0.110. The number of halogens is 1. The van der Waals surface area contributed by atoms with Crippen LogP contribution in [0.5, 0.6) is 0 Å². The van der Waals surface area contributed by atoms with E-state index in [-0.39, 0.29) is 15.8 Å². The largest absolute Gasteiger partial charge is 0.339 e. The topological polar surface area (TPSA) is 66.5 Å². The van der Waals surface area contributed by atoms with Crippen molar-refractivity contribution in [1.29, 1.82) is 0 Å². The molecule has 1 fully saturated rings. The molecule has 1 aromatic rings. The van der Waals surface area contributed by atoms with E-state index in [1.54, 1.807) is 31.7 Å². The van der Waals surface area contributed by atoms with Crippen LogP contribution in [0.4, 0.5) is 0 Å². The maximum atomic E-state index is 12.7. The standard InChI is InChI=1S/C17H25ClN2O3S/c1-17(2,3)19-24(22,23)15-12-13(8-9-14(15)18)16(21)20-10-6-4-5-7-11-20/h8-9,12,19H,4-7,10-11H2,1-3H3. The zero-order chi connectivity index (χ0) is 18.0. The van der Waals surface area contributed by atoms with Crippen LogP contribution >= 0.6 is 11.6 Å². The van der Waals surface area contributed by atoms with Crippen molar-refractivity contribution in [2.24, 2.45) is 0 Å². The third-order valence-corrected chi connectivity index (χ3v) is 6.04. The lowest BCUT2D eigenvalue weighted by atomic mass is 10.1. The SMILES string of the molecule is CC(C)(C)NS(=O)(=O)c1cc(C(=O)N2CCCCCC2)ccc1Cl. The minimum atomic E-state index is -3.80. The summed E-state index contributed by atoms with van der Waals surface area (Å²) in [5.41, 5.74) is -0.275. The molecule has 0 atom stereocenters. The molecule has 7 heteroatoms. The van der Waals surface area contributed by atoms with Gasteiger partial charge in [0, 0.05) is 24.2 Å². The van der Waals surface area contributed by atoms with Crippen LogP contribution in [0.25, 0.3) is 0 Å². The highest BCUT2D eigenvalue weighted by atomic mass is 35.5. The van der Waals surface area contributed by atoms with Gasteiger partial charge in [0.05, 0.1) is 5.02 Å². The number of carbonyl (C=O) groups excluding carboxylic acids is 1. The summed E-state index contributed by atoms with van der Waals surface area (Å²) in [7, 11) is -3.80. The highest BCUT2D eigenvalue weighted by Gasteiger charge is 2.26. The molecule has 1 heterocycles. The van der Waals surface area contributed by atoms with E-state index in [1.807, 2.05) is 0 Å². The van der Waals surface area contributed by atoms with Crippen LogP contribution in [0.2, 0.25) is 5.02 Å². The number of amides is 1. The lowest BCUT2D eigenvalue weighted by Crippen LogP contribution is -2.40. The predicted molar refractivity (Wildman–Crippen MR) is 95.9 cm³/mol. The fourth-order valence-corrected chi connectivity index (χ4v) is 4.70. The van der Waals surface area contributed by atoms with Gasteiger partial charge >= 0.3 is 0 Å². The van der Waals surface area contributed by atoms with Crippen molar-refractivity contribution < 1.29 is 13.2 Å². The fourth-order valence-electron chi connectivity index (χ4n) is 2.76. The van der Waals surface area contributed by atoms with Gasteiger partial charge in [0.25, 0.3) is 5.91 Å². The first-order chi connectivity index (χ1) is 11.1. The van der Waals surface area contributed by atoms with Crippen LogP contribution in [-0.2, 0) is 10.0 Å². The molecule has 2 rings (SSSR count). The van der Waals surface area contributed by atoms with E-state index in [9.17, 15) is 13.2 Å². The monoisotopic (exact) mass is 372 g/mol. The summed E-state index contributed by atoms with van der Waals surface area (Å²) >= 11 is 6.08. The van der Waals surface area contributed by atoms with Gasteiger partial charge in [-0.1, -0.05) is 24.4 Å². The van der Waals surface area contributed by atoms with E-state index in [0.29, 0.717) is 18.7 Å². The van der Waals surface area contributed by atoms with E-state index < -0.39 is 15.6 Å². The molecule has 24 heavy (non-hydrogen) atoms. The Labute approximate surface area is 149 Å². The Bertz CT molecular complexity index is 703. The van der Waals surface area contributed by atoms with Crippen LogP contribution in [0, 0.1) is 0 Å². The van der Waals surface area contributed by atoms with Crippen molar-refractivity contribution in [3.8, 4) is 0 Å². The third-order valence-electron chi connectivity index (χ3n) is 3.80. The Morgan fingerprint density at radius 1 is 1.12 bits per heavy atom. The average Bonchev–Trinajstić information content (AvgIpc) is 2.73. The Kier molecular flexibility index (Phi) is 5.94. The highest BCUT2D eigenvalue weighted by Crippen LogP contribution is 2.25. The zero-order valence-corrected chi connectivity index (χ0v) is 16.0. The molecule has 0 radical (unpaired) electrons. The van der Waals surface area contributed by atoms with Gasteiger partial charge in [0.1, 0.15) is 4.90 Å². The molecule has 0 saturated carbocycles. The number of hydrogen-bond acceptors (Lipinski definition) is 3. The van der Waals surface area contributed by atoms with Gasteiger partial charge in [-0.2, -0.15) is 0 Å². The predicted octanol–water partition coefficient (Wildman–Crippen LogP) is 3.43. The number of nitrogens with one attached hydrogen (secondary N) is 1. The highest BCUT2D eigenvalue weighted by molar-refractivity contribution is 7.89. The van der Waals surface area contributed by atoms with E-state index in [1.165, 1.54) is 12.1 Å². The molecule has 1 aromatic carbocycles. The summed E-state index contributed by atoms with van der Waals surface area (Å²) in [6, 6.07) is 4.44. The van der Waals surface area contributed by atoms with Crippen LogP contribution in [0.1, 0.15) is 56.8 Å². The molecule has 0 unspecified atom stereocenters. The van der Waals surface area contributed by atoms with Crippen molar-refractivity contribution in [3.63, 3.8) is 0 Å². The zero-order valence-electron chi connectivity index (χ0n) is 14.4. The molecule has 0 bridgehead atoms. The van der Waals surface area contributed by atoms with Crippen molar-refractivity contribution in [2.75, 3.05) is 13.1 Å². The molecule has 0 spiro atoms. The van der Waals surface area contributed by atoms with Gasteiger partial charge in [-0.25, -0.2) is 13.1 Å². The summed E-state index contributed by atoms with van der Waals surface area (Å²) in [6.07, 6.45) is 4.21. The maximum Gasteiger partial charge on any atom is 0.253 e. The molecular weight excluding hydrogens is 348 g/mol. The van der Waals surface area contributed by atoms with Crippen LogP contribution in [0.3, 0.4) is 0 Å². The van der Waals surface area contributed by atoms with Crippen molar-refractivity contribution in [1.82, 2.24) is 9.62 Å². The molecule has 0 aliphatic carbocycles. The second kappa shape index (κ2) is 7.42. The minimum Gasteiger partial charge on any atom is -0.339 e. The number of benzene rings is 1. The van der Waals surface area contributed by atoms with Crippen molar-refractivity contribution >= 4 is 27.5 Å². The number of likely N-dealkylation sites (tertiary alicyclic amines) is 1. The number of hydrogen-bond donors (Lipinski definition) is 1. The van der Waals surface area contributed by atoms with Crippen molar-refractivity contribution in [3.05, 3.63) is 28.8 Å². The second-order valence-electron chi connectivity index (χ2n) is 7.21. The van der Waals surface area contributed by atoms with E-state index in [2.05, 4.69) is 4.72 Å². The van der Waals surface area contributed by atoms with Crippen LogP contribution < -0.4 is 4.72 Å². The van der Waals surface area contributed by atoms with Gasteiger partial charge in [-0.05, 0) is 51.8 Å². The first-order valence-corrected chi connectivity index (χ1v) is 10.1. The minimum absolute atomic E-state index is 0.0558. The van der Waals surface area contributed by atoms with Gasteiger partial charge in [0.15, 0.2) is 0 Å². The summed E-state index contributed by atoms with van der Waals surface area (Å²) < 4.78 is 27.7. The van der Waals surface area contributed by atoms with Gasteiger partial charge in [0.2, 0.25) is 10.0 Å². The Morgan fingerprint density at radius 3 is 2.25 bits per heavy atom. The number of carbonyl (C=O) groups is 1. The molecule has 1 aliphatic rings. The molecule has 5 nitrogen and oxygen atoms in total. The Hall–Kier alpha value is -1.11. The summed E-state index contributed by atoms with van der Waals surface area (Å²) in [4.78, 5) is 14.4. The van der Waals surface area contributed by atoms with Gasteiger partial charge < -0.3 is 4.90 Å². The second-order valence-corrected chi connectivity index (χ2v) is 9.27. The van der Waals surface area contributed by atoms with Crippen LogP contribution in [0.15, 0.2) is 23.1 Å². The first kappa shape index (κ1) is 19.2. The normalized spacial score (nSPS) is 16.8. The van der Waals surface area contributed by atoms with Gasteiger partial charge in [-0.15, -0.1) is 0 Å². The smallest absolute Gasteiger partial charge is 0.253 e. The lowest BCUT2D eigenvalue weighted by Gasteiger charge is -2.22. The summed E-state index contributed by atoms with van der Waals surface area (Å²) in [6.45, 7) is 6.69. The number of nitrogens with zero attached hydrogens (tertiary/aromatic N) is 1. The fraction of sp³-hybridized carbons (Fsp3) is 0.588. The molecule has 1 saturated heterocycles. The number of rotatable bonds is 3. The van der Waals surface area contributed by atoms with E-state index in [0.717, 1.165) is 25.7 Å². The first-order valence-electron chi connectivity index (χ1n) is 8.23. The molecule has 1 aliphatic heterocycles. The van der Waals surface area contributed by atoms with E-state index >= 15 is 0 Å². The molecule has 1 amide bonds.